The van der Waals surface area contributed by atoms with Gasteiger partial charge < -0.3 is 18.9 Å². The van der Waals surface area contributed by atoms with Crippen LogP contribution in [0.2, 0.25) is 0 Å². The van der Waals surface area contributed by atoms with Crippen molar-refractivity contribution >= 4 is 17.4 Å². The number of carbonyl (C=O) groups excluding carboxylic acids is 2. The maximum atomic E-state index is 12.4. The van der Waals surface area contributed by atoms with Gasteiger partial charge in [-0.05, 0) is 24.3 Å². The number of ketones is 1. The molecule has 0 bridgehead atoms. The summed E-state index contributed by atoms with van der Waals surface area (Å²) in [5.74, 6) is -0.238. The Hall–Kier alpha value is -3.62. The van der Waals surface area contributed by atoms with Crippen LogP contribution in [0.25, 0.3) is 0 Å². The Kier molecular flexibility index (Phi) is 5.73. The molecule has 1 aliphatic rings. The fourth-order valence-electron chi connectivity index (χ4n) is 2.60. The van der Waals surface area contributed by atoms with Crippen LogP contribution in [0.5, 0.6) is 17.2 Å². The van der Waals surface area contributed by atoms with Gasteiger partial charge in [-0.1, -0.05) is 0 Å². The van der Waals surface area contributed by atoms with E-state index < -0.39 is 23.3 Å². The number of nitro benzene ring substituents is 1. The van der Waals surface area contributed by atoms with Crippen LogP contribution in [0, 0.1) is 10.1 Å². The van der Waals surface area contributed by atoms with E-state index in [9.17, 15) is 19.7 Å². The van der Waals surface area contributed by atoms with Gasteiger partial charge in [-0.15, -0.1) is 0 Å². The zero-order valence-electron chi connectivity index (χ0n) is 15.0. The monoisotopic (exact) mass is 387 g/mol. The molecule has 9 heteroatoms. The molecule has 0 aromatic heterocycles. The molecule has 1 aliphatic heterocycles. The summed E-state index contributed by atoms with van der Waals surface area (Å²) in [6.07, 6.45) is 0.737. The number of esters is 1. The average molecular weight is 387 g/mol. The van der Waals surface area contributed by atoms with Crippen molar-refractivity contribution in [2.45, 2.75) is 6.42 Å². The lowest BCUT2D eigenvalue weighted by atomic mass is 10.1. The number of carbonyl (C=O) groups is 2. The van der Waals surface area contributed by atoms with E-state index in [0.717, 1.165) is 12.5 Å². The fraction of sp³-hybridized carbons (Fsp3) is 0.263. The van der Waals surface area contributed by atoms with Crippen molar-refractivity contribution < 1.29 is 33.5 Å². The molecule has 0 spiro atoms. The molecular weight excluding hydrogens is 370 g/mol. The lowest BCUT2D eigenvalue weighted by Crippen LogP contribution is -2.15. The van der Waals surface area contributed by atoms with Crippen LogP contribution in [0.1, 0.15) is 27.1 Å². The van der Waals surface area contributed by atoms with Gasteiger partial charge in [0.2, 0.25) is 0 Å². The number of hydrogen-bond acceptors (Lipinski definition) is 8. The molecule has 9 nitrogen and oxygen atoms in total. The van der Waals surface area contributed by atoms with Crippen molar-refractivity contribution in [1.29, 1.82) is 0 Å². The minimum Gasteiger partial charge on any atom is -0.496 e. The topological polar surface area (TPSA) is 114 Å². The van der Waals surface area contributed by atoms with E-state index in [1.54, 1.807) is 12.1 Å². The summed E-state index contributed by atoms with van der Waals surface area (Å²) in [6, 6.07) is 8.25. The normalized spacial score (nSPS) is 12.6. The Morgan fingerprint density at radius 1 is 1.11 bits per heavy atom. The molecule has 0 atom stereocenters. The second-order valence-electron chi connectivity index (χ2n) is 5.85. The molecule has 28 heavy (non-hydrogen) atoms. The molecule has 0 saturated heterocycles. The Morgan fingerprint density at radius 2 is 1.86 bits per heavy atom. The molecule has 0 amide bonds. The van der Waals surface area contributed by atoms with Gasteiger partial charge in [0.25, 0.3) is 5.69 Å². The van der Waals surface area contributed by atoms with Gasteiger partial charge in [-0.3, -0.25) is 14.9 Å². The van der Waals surface area contributed by atoms with Gasteiger partial charge in [-0.2, -0.15) is 0 Å². The van der Waals surface area contributed by atoms with E-state index in [2.05, 4.69) is 0 Å². The first kappa shape index (κ1) is 19.2. The summed E-state index contributed by atoms with van der Waals surface area (Å²) in [6.45, 7) is 0.472. The van der Waals surface area contributed by atoms with Gasteiger partial charge in [0.1, 0.15) is 11.3 Å². The van der Waals surface area contributed by atoms with Gasteiger partial charge in [-0.25, -0.2) is 4.79 Å². The molecule has 0 aliphatic carbocycles. The van der Waals surface area contributed by atoms with Crippen LogP contribution < -0.4 is 14.2 Å². The lowest BCUT2D eigenvalue weighted by molar-refractivity contribution is -0.384. The zero-order valence-corrected chi connectivity index (χ0v) is 15.0. The molecule has 0 unspecified atom stereocenters. The van der Waals surface area contributed by atoms with Crippen LogP contribution >= 0.6 is 0 Å². The minimum atomic E-state index is -0.900. The van der Waals surface area contributed by atoms with Crippen LogP contribution in [0.3, 0.4) is 0 Å². The molecule has 146 valence electrons. The second kappa shape index (κ2) is 8.38. The van der Waals surface area contributed by atoms with Crippen molar-refractivity contribution in [2.24, 2.45) is 0 Å². The third-order valence-corrected chi connectivity index (χ3v) is 4.02. The summed E-state index contributed by atoms with van der Waals surface area (Å²) in [5, 5.41) is 10.9. The van der Waals surface area contributed by atoms with Crippen molar-refractivity contribution in [3.63, 3.8) is 0 Å². The van der Waals surface area contributed by atoms with Crippen LogP contribution in [-0.4, -0.2) is 43.6 Å². The number of non-ortho nitro benzene ring substituents is 1. The highest BCUT2D eigenvalue weighted by Crippen LogP contribution is 2.30. The van der Waals surface area contributed by atoms with Crippen molar-refractivity contribution in [3.05, 3.63) is 57.6 Å². The molecule has 1 heterocycles. The predicted molar refractivity (Wildman–Crippen MR) is 96.3 cm³/mol. The van der Waals surface area contributed by atoms with E-state index in [1.165, 1.54) is 25.3 Å². The van der Waals surface area contributed by atoms with Crippen LogP contribution in [0.4, 0.5) is 5.69 Å². The number of Topliss-reactive ketones (excluding diaryl/α,β-unsaturated/α-hetero) is 1. The summed E-state index contributed by atoms with van der Waals surface area (Å²) in [7, 11) is 1.32. The zero-order chi connectivity index (χ0) is 20.1. The first-order valence-electron chi connectivity index (χ1n) is 8.42. The first-order valence-corrected chi connectivity index (χ1v) is 8.42. The first-order chi connectivity index (χ1) is 13.5. The number of benzene rings is 2. The molecule has 0 N–H and O–H groups in total. The van der Waals surface area contributed by atoms with Gasteiger partial charge in [0.15, 0.2) is 23.9 Å². The summed E-state index contributed by atoms with van der Waals surface area (Å²) >= 11 is 0. The van der Waals surface area contributed by atoms with Crippen LogP contribution in [0.15, 0.2) is 36.4 Å². The largest absolute Gasteiger partial charge is 0.496 e. The summed E-state index contributed by atoms with van der Waals surface area (Å²) < 4.78 is 21.1. The molecule has 3 rings (SSSR count). The predicted octanol–water partition coefficient (Wildman–Crippen LogP) is 2.80. The number of hydrogen-bond donors (Lipinski definition) is 0. The van der Waals surface area contributed by atoms with E-state index in [0.29, 0.717) is 30.3 Å². The molecule has 0 saturated carbocycles. The summed E-state index contributed by atoms with van der Waals surface area (Å²) in [4.78, 5) is 34.9. The number of ether oxygens (including phenoxy) is 4. The average Bonchev–Trinajstić information content (AvgIpc) is 2.95. The number of nitrogens with zero attached hydrogens (tertiary/aromatic N) is 1. The van der Waals surface area contributed by atoms with E-state index in [1.807, 2.05) is 0 Å². The highest BCUT2D eigenvalue weighted by atomic mass is 16.6. The number of rotatable bonds is 6. The fourth-order valence-corrected chi connectivity index (χ4v) is 2.60. The molecule has 2 aromatic rings. The van der Waals surface area contributed by atoms with Crippen molar-refractivity contribution in [3.8, 4) is 17.2 Å². The minimum absolute atomic E-state index is 0.110. The summed E-state index contributed by atoms with van der Waals surface area (Å²) in [5.41, 5.74) is -0.131. The molecule has 0 radical (unpaired) electrons. The number of fused-ring (bicyclic) bond motifs is 1. The van der Waals surface area contributed by atoms with Crippen molar-refractivity contribution in [2.75, 3.05) is 26.9 Å². The Labute approximate surface area is 159 Å². The van der Waals surface area contributed by atoms with Gasteiger partial charge in [0.05, 0.1) is 25.2 Å². The van der Waals surface area contributed by atoms with Crippen LogP contribution in [-0.2, 0) is 4.74 Å². The lowest BCUT2D eigenvalue weighted by Gasteiger charge is -2.10. The van der Waals surface area contributed by atoms with Gasteiger partial charge in [0, 0.05) is 24.1 Å². The molecule has 2 aromatic carbocycles. The van der Waals surface area contributed by atoms with Crippen molar-refractivity contribution in [1.82, 2.24) is 0 Å². The molecular formula is C19H17NO8. The smallest absolute Gasteiger partial charge is 0.342 e. The standard InChI is InChI=1S/C19H17NO8/c1-25-16-6-4-13(20(23)24)10-14(16)19(22)28-11-15(21)12-3-5-17-18(9-12)27-8-2-7-26-17/h3-6,9-10H,2,7-8,11H2,1H3. The van der Waals surface area contributed by atoms with E-state index >= 15 is 0 Å². The van der Waals surface area contributed by atoms with E-state index in [4.69, 9.17) is 18.9 Å². The maximum absolute atomic E-state index is 12.4. The highest BCUT2D eigenvalue weighted by molar-refractivity contribution is 6.00. The van der Waals surface area contributed by atoms with E-state index in [-0.39, 0.29) is 17.0 Å². The second-order valence-corrected chi connectivity index (χ2v) is 5.85. The third kappa shape index (κ3) is 4.20. The third-order valence-electron chi connectivity index (χ3n) is 4.02. The Balaban J connectivity index is 1.71. The Bertz CT molecular complexity index is 924. The molecule has 0 fully saturated rings. The maximum Gasteiger partial charge on any atom is 0.342 e. The Morgan fingerprint density at radius 3 is 2.57 bits per heavy atom. The highest BCUT2D eigenvalue weighted by Gasteiger charge is 2.21. The number of methoxy groups -OCH3 is 1. The van der Waals surface area contributed by atoms with Gasteiger partial charge >= 0.3 is 5.97 Å². The number of nitro groups is 1. The SMILES string of the molecule is COc1ccc([N+](=O)[O-])cc1C(=O)OCC(=O)c1ccc2c(c1)OCCCO2. The quantitative estimate of drug-likeness (QED) is 0.322.